The van der Waals surface area contributed by atoms with Crippen LogP contribution in [0.3, 0.4) is 0 Å². The van der Waals surface area contributed by atoms with Crippen LogP contribution in [0.5, 0.6) is 17.2 Å². The standard InChI is InChI=1S/C36H45N3O6/c1-6-24-18-23(3)19-25(7-2)34(24)37-32(40)22-39-21-29(27-10-13-30-31(20-27)45-17-16-44-30)33(36(41)42)35(39)26-8-11-28(12-9-26)43-15-14-38(4)5/h8-13,18-20,29,33,35H,6-7,14-17,21-22H2,1-5H3,(H,37,40)(H,41,42)/t29-,33?,35+/m1/s1. The van der Waals surface area contributed by atoms with Crippen molar-refractivity contribution in [3.05, 3.63) is 82.4 Å². The van der Waals surface area contributed by atoms with Gasteiger partial charge < -0.3 is 29.5 Å². The van der Waals surface area contributed by atoms with Gasteiger partial charge in [-0.2, -0.15) is 0 Å². The summed E-state index contributed by atoms with van der Waals surface area (Å²) in [5.41, 5.74) is 5.91. The van der Waals surface area contributed by atoms with Gasteiger partial charge in [0.1, 0.15) is 25.6 Å². The maximum atomic E-state index is 13.7. The van der Waals surface area contributed by atoms with Gasteiger partial charge in [-0.3, -0.25) is 14.5 Å². The Kier molecular flexibility index (Phi) is 10.3. The number of nitrogens with zero attached hydrogens (tertiary/aromatic N) is 2. The van der Waals surface area contributed by atoms with Gasteiger partial charge in [-0.25, -0.2) is 0 Å². The fourth-order valence-corrected chi connectivity index (χ4v) is 6.55. The smallest absolute Gasteiger partial charge is 0.309 e. The molecule has 1 amide bonds. The van der Waals surface area contributed by atoms with Gasteiger partial charge in [0.2, 0.25) is 5.91 Å². The molecule has 3 aromatic carbocycles. The molecule has 5 rings (SSSR count). The van der Waals surface area contributed by atoms with E-state index in [0.29, 0.717) is 37.9 Å². The summed E-state index contributed by atoms with van der Waals surface area (Å²) < 4.78 is 17.4. The molecule has 1 saturated heterocycles. The van der Waals surface area contributed by atoms with E-state index < -0.39 is 17.9 Å². The number of carboxylic acid groups (broad SMARTS) is 1. The quantitative estimate of drug-likeness (QED) is 0.283. The summed E-state index contributed by atoms with van der Waals surface area (Å²) in [7, 11) is 3.98. The third kappa shape index (κ3) is 7.43. The second kappa shape index (κ2) is 14.3. The minimum atomic E-state index is -0.908. The van der Waals surface area contributed by atoms with Crippen LogP contribution in [0.15, 0.2) is 54.6 Å². The summed E-state index contributed by atoms with van der Waals surface area (Å²) in [4.78, 5) is 30.8. The second-order valence-electron chi connectivity index (χ2n) is 12.2. The first-order valence-corrected chi connectivity index (χ1v) is 15.8. The number of hydrogen-bond donors (Lipinski definition) is 2. The van der Waals surface area contributed by atoms with Gasteiger partial charge in [0.05, 0.1) is 12.5 Å². The number of hydrogen-bond acceptors (Lipinski definition) is 7. The molecule has 0 aliphatic carbocycles. The minimum Gasteiger partial charge on any atom is -0.492 e. The van der Waals surface area contributed by atoms with E-state index in [1.54, 1.807) is 0 Å². The Morgan fingerprint density at radius 3 is 2.22 bits per heavy atom. The normalized spacial score (nSPS) is 19.5. The van der Waals surface area contributed by atoms with Gasteiger partial charge in [-0.15, -0.1) is 0 Å². The van der Waals surface area contributed by atoms with Gasteiger partial charge in [-0.1, -0.05) is 49.7 Å². The Morgan fingerprint density at radius 1 is 0.956 bits per heavy atom. The number of carbonyl (C=O) groups is 2. The topological polar surface area (TPSA) is 101 Å². The Bertz CT molecular complexity index is 1480. The predicted octanol–water partition coefficient (Wildman–Crippen LogP) is 5.31. The summed E-state index contributed by atoms with van der Waals surface area (Å²) in [5.74, 6) is -0.242. The van der Waals surface area contributed by atoms with E-state index in [2.05, 4.69) is 43.1 Å². The molecule has 2 aliphatic rings. The molecule has 2 heterocycles. The van der Waals surface area contributed by atoms with Crippen molar-refractivity contribution in [2.75, 3.05) is 58.9 Å². The lowest BCUT2D eigenvalue weighted by Crippen LogP contribution is -2.35. The maximum Gasteiger partial charge on any atom is 0.309 e. The van der Waals surface area contributed by atoms with Gasteiger partial charge in [0.25, 0.3) is 0 Å². The van der Waals surface area contributed by atoms with Crippen LogP contribution in [0.25, 0.3) is 0 Å². The number of likely N-dealkylation sites (tertiary alicyclic amines) is 1. The van der Waals surface area contributed by atoms with Crippen molar-refractivity contribution >= 4 is 17.6 Å². The van der Waals surface area contributed by atoms with E-state index in [1.807, 2.05) is 61.5 Å². The number of aliphatic carboxylic acids is 1. The number of fused-ring (bicyclic) bond motifs is 1. The summed E-state index contributed by atoms with van der Waals surface area (Å²) >= 11 is 0. The molecule has 9 heteroatoms. The van der Waals surface area contributed by atoms with Crippen LogP contribution < -0.4 is 19.5 Å². The first-order chi connectivity index (χ1) is 21.7. The number of amides is 1. The van der Waals surface area contributed by atoms with E-state index in [0.717, 1.165) is 53.1 Å². The van der Waals surface area contributed by atoms with Gasteiger partial charge in [0.15, 0.2) is 11.5 Å². The molecule has 2 N–H and O–H groups in total. The summed E-state index contributed by atoms with van der Waals surface area (Å²) in [6.07, 6.45) is 1.60. The number of nitrogens with one attached hydrogen (secondary N) is 1. The van der Waals surface area contributed by atoms with Crippen LogP contribution in [-0.2, 0) is 22.4 Å². The van der Waals surface area contributed by atoms with E-state index in [-0.39, 0.29) is 18.4 Å². The van der Waals surface area contributed by atoms with E-state index in [1.165, 1.54) is 5.56 Å². The minimum absolute atomic E-state index is 0.0524. The molecular weight excluding hydrogens is 570 g/mol. The highest BCUT2D eigenvalue weighted by Gasteiger charge is 2.48. The molecule has 0 radical (unpaired) electrons. The monoisotopic (exact) mass is 615 g/mol. The molecule has 0 aromatic heterocycles. The van der Waals surface area contributed by atoms with Gasteiger partial charge >= 0.3 is 5.97 Å². The van der Waals surface area contributed by atoms with Crippen LogP contribution in [0.2, 0.25) is 0 Å². The zero-order chi connectivity index (χ0) is 32.1. The lowest BCUT2D eigenvalue weighted by Gasteiger charge is -2.27. The van der Waals surface area contributed by atoms with Gasteiger partial charge in [0, 0.05) is 30.7 Å². The van der Waals surface area contributed by atoms with Crippen molar-refractivity contribution < 1.29 is 28.9 Å². The highest BCUT2D eigenvalue weighted by atomic mass is 16.6. The number of likely N-dealkylation sites (N-methyl/N-ethyl adjacent to an activating group) is 1. The van der Waals surface area contributed by atoms with Gasteiger partial charge in [-0.05, 0) is 80.4 Å². The molecule has 0 spiro atoms. The highest BCUT2D eigenvalue weighted by molar-refractivity contribution is 5.94. The summed E-state index contributed by atoms with van der Waals surface area (Å²) in [5, 5.41) is 13.9. The molecule has 240 valence electrons. The van der Waals surface area contributed by atoms with E-state index in [9.17, 15) is 14.7 Å². The molecule has 9 nitrogen and oxygen atoms in total. The number of ether oxygens (including phenoxy) is 3. The number of carboxylic acids is 1. The van der Waals surface area contributed by atoms with E-state index >= 15 is 0 Å². The Morgan fingerprint density at radius 2 is 1.60 bits per heavy atom. The molecule has 0 saturated carbocycles. The Labute approximate surface area is 266 Å². The van der Waals surface area contributed by atoms with Crippen LogP contribution >= 0.6 is 0 Å². The molecule has 2 aliphatic heterocycles. The first kappa shape index (κ1) is 32.3. The zero-order valence-electron chi connectivity index (χ0n) is 27.0. The molecular formula is C36H45N3O6. The van der Waals surface area contributed by atoms with Crippen LogP contribution in [-0.4, -0.2) is 80.3 Å². The summed E-state index contributed by atoms with van der Waals surface area (Å²) in [6, 6.07) is 17.0. The number of anilines is 1. The fourth-order valence-electron chi connectivity index (χ4n) is 6.55. The third-order valence-corrected chi connectivity index (χ3v) is 8.73. The number of aryl methyl sites for hydroxylation is 3. The Balaban J connectivity index is 1.46. The van der Waals surface area contributed by atoms with Crippen LogP contribution in [0.1, 0.15) is 53.6 Å². The third-order valence-electron chi connectivity index (χ3n) is 8.73. The number of benzene rings is 3. The second-order valence-corrected chi connectivity index (χ2v) is 12.2. The molecule has 1 unspecified atom stereocenters. The highest BCUT2D eigenvalue weighted by Crippen LogP contribution is 2.47. The predicted molar refractivity (Wildman–Crippen MR) is 175 cm³/mol. The fraction of sp³-hybridized carbons (Fsp3) is 0.444. The van der Waals surface area contributed by atoms with E-state index in [4.69, 9.17) is 14.2 Å². The number of carbonyl (C=O) groups excluding carboxylic acids is 1. The molecule has 0 bridgehead atoms. The van der Waals surface area contributed by atoms with Crippen molar-refractivity contribution in [3.63, 3.8) is 0 Å². The molecule has 1 fully saturated rings. The largest absolute Gasteiger partial charge is 0.492 e. The SMILES string of the molecule is CCc1cc(C)cc(CC)c1NC(=O)CN1C[C@H](c2ccc3c(c2)OCCO3)C(C(=O)O)[C@@H]1c1ccc(OCCN(C)C)cc1. The maximum absolute atomic E-state index is 13.7. The van der Waals surface area contributed by atoms with Crippen molar-refractivity contribution in [3.8, 4) is 17.2 Å². The molecule has 45 heavy (non-hydrogen) atoms. The van der Waals surface area contributed by atoms with Crippen molar-refractivity contribution in [2.24, 2.45) is 5.92 Å². The average Bonchev–Trinajstić information content (AvgIpc) is 3.40. The lowest BCUT2D eigenvalue weighted by molar-refractivity contribution is -0.143. The average molecular weight is 616 g/mol. The summed E-state index contributed by atoms with van der Waals surface area (Å²) in [6.45, 7) is 8.95. The van der Waals surface area contributed by atoms with Crippen molar-refractivity contribution in [1.29, 1.82) is 0 Å². The molecule has 3 atom stereocenters. The number of rotatable bonds is 12. The zero-order valence-corrected chi connectivity index (χ0v) is 27.0. The lowest BCUT2D eigenvalue weighted by atomic mass is 9.82. The molecule has 3 aromatic rings. The van der Waals surface area contributed by atoms with Crippen molar-refractivity contribution in [2.45, 2.75) is 45.6 Å². The first-order valence-electron chi connectivity index (χ1n) is 15.8. The van der Waals surface area contributed by atoms with Crippen LogP contribution in [0.4, 0.5) is 5.69 Å². The van der Waals surface area contributed by atoms with Crippen LogP contribution in [0, 0.1) is 12.8 Å². The Hall–Kier alpha value is -4.08. The van der Waals surface area contributed by atoms with Crippen molar-refractivity contribution in [1.82, 2.24) is 9.80 Å².